The number of alkyl halides is 3. The van der Waals surface area contributed by atoms with E-state index in [-0.39, 0.29) is 6.79 Å². The van der Waals surface area contributed by atoms with Gasteiger partial charge in [0.25, 0.3) is 0 Å². The van der Waals surface area contributed by atoms with Crippen LogP contribution in [-0.2, 0) is 4.74 Å². The fourth-order valence-corrected chi connectivity index (χ4v) is 3.01. The van der Waals surface area contributed by atoms with Crippen molar-refractivity contribution in [1.82, 2.24) is 0 Å². The molecule has 124 valence electrons. The third-order valence-corrected chi connectivity index (χ3v) is 3.99. The summed E-state index contributed by atoms with van der Waals surface area (Å²) in [6.07, 6.45) is 0. The summed E-state index contributed by atoms with van der Waals surface area (Å²) in [4.78, 5) is 0. The van der Waals surface area contributed by atoms with E-state index < -0.39 is 9.71 Å². The third kappa shape index (κ3) is 4.92. The van der Waals surface area contributed by atoms with Crippen LogP contribution in [0.15, 0.2) is 48.5 Å². The van der Waals surface area contributed by atoms with Crippen LogP contribution in [0.25, 0.3) is 0 Å². The molecule has 23 heavy (non-hydrogen) atoms. The summed E-state index contributed by atoms with van der Waals surface area (Å²) >= 11 is 18.6. The van der Waals surface area contributed by atoms with Crippen LogP contribution in [-0.4, -0.2) is 24.8 Å². The molecule has 2 aromatic carbocycles. The molecule has 0 fully saturated rings. The summed E-state index contributed by atoms with van der Waals surface area (Å²) in [5, 5.41) is 0. The molecule has 6 heteroatoms. The van der Waals surface area contributed by atoms with E-state index in [0.29, 0.717) is 5.75 Å². The average molecular weight is 376 g/mol. The first kappa shape index (κ1) is 18.2. The van der Waals surface area contributed by atoms with Crippen molar-refractivity contribution in [2.24, 2.45) is 0 Å². The van der Waals surface area contributed by atoms with E-state index in [0.717, 1.165) is 16.9 Å². The summed E-state index contributed by atoms with van der Waals surface area (Å²) in [5.41, 5.74) is 1.76. The van der Waals surface area contributed by atoms with E-state index in [9.17, 15) is 0 Å². The van der Waals surface area contributed by atoms with Gasteiger partial charge < -0.3 is 14.2 Å². The molecule has 0 saturated carbocycles. The lowest BCUT2D eigenvalue weighted by Crippen LogP contribution is -2.18. The second-order valence-corrected chi connectivity index (χ2v) is 7.24. The van der Waals surface area contributed by atoms with Gasteiger partial charge in [0, 0.05) is 7.11 Å². The minimum absolute atomic E-state index is 0.186. The molecular formula is C17H17Cl3O3. The fraction of sp³-hybridized carbons (Fsp3) is 0.294. The first-order chi connectivity index (χ1) is 11.0. The second kappa shape index (κ2) is 8.11. The van der Waals surface area contributed by atoms with E-state index in [1.807, 2.05) is 48.5 Å². The van der Waals surface area contributed by atoms with Gasteiger partial charge in [-0.15, -0.1) is 0 Å². The van der Waals surface area contributed by atoms with Gasteiger partial charge in [0.15, 0.2) is 6.79 Å². The molecule has 0 aliphatic carbocycles. The van der Waals surface area contributed by atoms with Gasteiger partial charge in [-0.3, -0.25) is 0 Å². The summed E-state index contributed by atoms with van der Waals surface area (Å²) in [6.45, 7) is 0.186. The molecule has 2 rings (SSSR count). The molecule has 0 amide bonds. The number of hydrogen-bond donors (Lipinski definition) is 0. The van der Waals surface area contributed by atoms with Crippen molar-refractivity contribution < 1.29 is 14.2 Å². The van der Waals surface area contributed by atoms with Gasteiger partial charge in [0.05, 0.1) is 13.0 Å². The van der Waals surface area contributed by atoms with Crippen molar-refractivity contribution in [1.29, 1.82) is 0 Å². The smallest absolute Gasteiger partial charge is 0.201 e. The van der Waals surface area contributed by atoms with Gasteiger partial charge in [0.2, 0.25) is 3.79 Å². The van der Waals surface area contributed by atoms with Gasteiger partial charge in [-0.1, -0.05) is 59.1 Å². The van der Waals surface area contributed by atoms with Gasteiger partial charge in [0.1, 0.15) is 11.5 Å². The zero-order valence-electron chi connectivity index (χ0n) is 12.8. The molecule has 0 saturated heterocycles. The van der Waals surface area contributed by atoms with Crippen molar-refractivity contribution in [2.75, 3.05) is 21.0 Å². The minimum Gasteiger partial charge on any atom is -0.497 e. The molecule has 0 spiro atoms. The lowest BCUT2D eigenvalue weighted by Gasteiger charge is -2.25. The van der Waals surface area contributed by atoms with Gasteiger partial charge in [-0.25, -0.2) is 0 Å². The Labute approximate surface area is 151 Å². The maximum atomic E-state index is 6.21. The van der Waals surface area contributed by atoms with Crippen molar-refractivity contribution in [2.45, 2.75) is 9.71 Å². The van der Waals surface area contributed by atoms with Gasteiger partial charge >= 0.3 is 0 Å². The van der Waals surface area contributed by atoms with Crippen LogP contribution in [0.2, 0.25) is 0 Å². The standard InChI is InChI=1S/C17H17Cl3O3/c1-21-11-23-15-9-5-13(6-10-15)16(17(18,19)20)12-3-7-14(22-2)8-4-12/h3-10,16H,11H2,1-2H3. The summed E-state index contributed by atoms with van der Waals surface area (Å²) in [5.74, 6) is 1.03. The Bertz CT molecular complexity index is 606. The predicted molar refractivity (Wildman–Crippen MR) is 94.1 cm³/mol. The average Bonchev–Trinajstić information content (AvgIpc) is 2.54. The van der Waals surface area contributed by atoms with E-state index in [2.05, 4.69) is 0 Å². The van der Waals surface area contributed by atoms with E-state index in [4.69, 9.17) is 49.0 Å². The SMILES string of the molecule is COCOc1ccc(C(c2ccc(OC)cc2)C(Cl)(Cl)Cl)cc1. The van der Waals surface area contributed by atoms with Crippen molar-refractivity contribution in [3.63, 3.8) is 0 Å². The monoisotopic (exact) mass is 374 g/mol. The third-order valence-electron chi connectivity index (χ3n) is 3.33. The predicted octanol–water partition coefficient (Wildman–Crippen LogP) is 5.18. The highest BCUT2D eigenvalue weighted by Gasteiger charge is 2.35. The Balaban J connectivity index is 2.31. The lowest BCUT2D eigenvalue weighted by atomic mass is 9.92. The molecule has 0 aliphatic rings. The minimum atomic E-state index is -1.48. The maximum Gasteiger partial charge on any atom is 0.201 e. The van der Waals surface area contributed by atoms with Crippen LogP contribution in [0.5, 0.6) is 11.5 Å². The van der Waals surface area contributed by atoms with Crippen LogP contribution in [0.4, 0.5) is 0 Å². The number of halogens is 3. The Kier molecular flexibility index (Phi) is 6.42. The molecule has 0 bridgehead atoms. The zero-order valence-corrected chi connectivity index (χ0v) is 15.0. The first-order valence-electron chi connectivity index (χ1n) is 6.88. The van der Waals surface area contributed by atoms with Crippen molar-refractivity contribution in [3.8, 4) is 11.5 Å². The number of rotatable bonds is 6. The van der Waals surface area contributed by atoms with Crippen LogP contribution in [0.3, 0.4) is 0 Å². The Morgan fingerprint density at radius 1 is 0.826 bits per heavy atom. The van der Waals surface area contributed by atoms with E-state index in [1.54, 1.807) is 14.2 Å². The van der Waals surface area contributed by atoms with Crippen LogP contribution < -0.4 is 9.47 Å². The van der Waals surface area contributed by atoms with Crippen LogP contribution in [0, 0.1) is 0 Å². The van der Waals surface area contributed by atoms with Crippen molar-refractivity contribution >= 4 is 34.8 Å². The van der Waals surface area contributed by atoms with Gasteiger partial charge in [-0.05, 0) is 35.4 Å². The number of hydrogen-bond acceptors (Lipinski definition) is 3. The van der Waals surface area contributed by atoms with Crippen molar-refractivity contribution in [3.05, 3.63) is 59.7 Å². The fourth-order valence-electron chi connectivity index (χ4n) is 2.25. The van der Waals surface area contributed by atoms with Gasteiger partial charge in [-0.2, -0.15) is 0 Å². The molecule has 0 aromatic heterocycles. The van der Waals surface area contributed by atoms with E-state index in [1.165, 1.54) is 0 Å². The van der Waals surface area contributed by atoms with Crippen LogP contribution in [0.1, 0.15) is 17.0 Å². The normalized spacial score (nSPS) is 12.7. The molecule has 3 nitrogen and oxygen atoms in total. The highest BCUT2D eigenvalue weighted by molar-refractivity contribution is 6.68. The zero-order chi connectivity index (χ0) is 16.9. The molecule has 0 radical (unpaired) electrons. The van der Waals surface area contributed by atoms with Crippen LogP contribution >= 0.6 is 34.8 Å². The molecule has 0 N–H and O–H groups in total. The number of benzene rings is 2. The largest absolute Gasteiger partial charge is 0.497 e. The maximum absolute atomic E-state index is 6.21. The summed E-state index contributed by atoms with van der Waals surface area (Å²) < 4.78 is 13.9. The number of methoxy groups -OCH3 is 2. The quantitative estimate of drug-likeness (QED) is 0.514. The lowest BCUT2D eigenvalue weighted by molar-refractivity contribution is 0.0511. The Hall–Kier alpha value is -1.13. The molecule has 0 heterocycles. The second-order valence-electron chi connectivity index (χ2n) is 4.87. The molecule has 1 atom stereocenters. The molecule has 2 aromatic rings. The highest BCUT2D eigenvalue weighted by atomic mass is 35.6. The first-order valence-corrected chi connectivity index (χ1v) is 8.01. The highest BCUT2D eigenvalue weighted by Crippen LogP contribution is 2.46. The molecule has 1 unspecified atom stereocenters. The number of ether oxygens (including phenoxy) is 3. The summed E-state index contributed by atoms with van der Waals surface area (Å²) in [6, 6.07) is 14.9. The molecular weight excluding hydrogens is 359 g/mol. The Morgan fingerprint density at radius 3 is 1.70 bits per heavy atom. The summed E-state index contributed by atoms with van der Waals surface area (Å²) in [7, 11) is 3.18. The molecule has 0 aliphatic heterocycles. The van der Waals surface area contributed by atoms with E-state index >= 15 is 0 Å². The topological polar surface area (TPSA) is 27.7 Å². The Morgan fingerprint density at radius 2 is 1.30 bits per heavy atom.